The van der Waals surface area contributed by atoms with Crippen molar-refractivity contribution in [2.75, 3.05) is 40.9 Å². The Kier molecular flexibility index (Phi) is 27.1. The van der Waals surface area contributed by atoms with Crippen LogP contribution in [0.15, 0.2) is 12.2 Å². The minimum absolute atomic E-state index is 0.0735. The Morgan fingerprint density at radius 2 is 1.28 bits per heavy atom. The Balaban J connectivity index is 4.55. The number of allylic oxidation sites excluding steroid dienone is 2. The van der Waals surface area contributed by atoms with E-state index in [1.807, 2.05) is 21.1 Å². The minimum atomic E-state index is -4.30. The number of carbonyl (C=O) groups is 1. The fourth-order valence-electron chi connectivity index (χ4n) is 4.85. The van der Waals surface area contributed by atoms with Crippen LogP contribution in [0.25, 0.3) is 0 Å². The highest BCUT2D eigenvalue weighted by Gasteiger charge is 2.28. The molecule has 3 atom stereocenters. The van der Waals surface area contributed by atoms with Gasteiger partial charge in [0.1, 0.15) is 13.2 Å². The van der Waals surface area contributed by atoms with Crippen LogP contribution in [-0.2, 0) is 18.4 Å². The van der Waals surface area contributed by atoms with E-state index in [4.69, 9.17) is 9.05 Å². The Hall–Kier alpha value is -0.760. The van der Waals surface area contributed by atoms with Gasteiger partial charge in [0.05, 0.1) is 39.9 Å². The van der Waals surface area contributed by atoms with E-state index in [1.165, 1.54) is 64.2 Å². The molecule has 0 rings (SSSR count). The lowest BCUT2D eigenvalue weighted by atomic mass is 10.0. The maximum Gasteiger partial charge on any atom is 0.472 e. The van der Waals surface area contributed by atoms with Crippen molar-refractivity contribution in [3.8, 4) is 0 Å². The van der Waals surface area contributed by atoms with Crippen molar-refractivity contribution in [1.29, 1.82) is 0 Å². The molecule has 256 valence electrons. The van der Waals surface area contributed by atoms with Gasteiger partial charge in [-0.1, -0.05) is 122 Å². The maximum atomic E-state index is 12.7. The van der Waals surface area contributed by atoms with Crippen LogP contribution in [0.4, 0.5) is 0 Å². The van der Waals surface area contributed by atoms with Gasteiger partial charge in [-0.3, -0.25) is 13.8 Å². The molecule has 0 aliphatic carbocycles. The summed E-state index contributed by atoms with van der Waals surface area (Å²) in [5, 5.41) is 13.8. The van der Waals surface area contributed by atoms with Gasteiger partial charge in [-0.05, 0) is 32.1 Å². The van der Waals surface area contributed by atoms with Crippen LogP contribution < -0.4 is 5.32 Å². The molecular weight excluding hydrogens is 563 g/mol. The molecule has 9 heteroatoms. The number of amides is 1. The normalized spacial score (nSPS) is 15.0. The molecule has 0 bridgehead atoms. The number of phosphoric acid groups is 1. The van der Waals surface area contributed by atoms with Crippen LogP contribution in [0.2, 0.25) is 0 Å². The first-order valence-corrected chi connectivity index (χ1v) is 19.0. The molecule has 0 spiro atoms. The SMILES string of the molecule is CCCC/C=C\CCCCCCC(=O)NC(COP(=O)(O)OCC[N+](C)(C)C)C(O)CCCCCCCCCCCCC. The molecular formula is C34H70N2O6P+. The van der Waals surface area contributed by atoms with Gasteiger partial charge in [-0.25, -0.2) is 4.57 Å². The van der Waals surface area contributed by atoms with E-state index in [2.05, 4.69) is 31.3 Å². The number of quaternary nitrogens is 1. The third-order valence-electron chi connectivity index (χ3n) is 7.76. The second-order valence-electron chi connectivity index (χ2n) is 13.2. The number of aliphatic hydroxyl groups is 1. The number of phosphoric ester groups is 1. The highest BCUT2D eigenvalue weighted by Crippen LogP contribution is 2.43. The molecule has 0 aromatic heterocycles. The summed E-state index contributed by atoms with van der Waals surface area (Å²) in [6.45, 7) is 4.79. The third-order valence-corrected chi connectivity index (χ3v) is 8.75. The Morgan fingerprint density at radius 3 is 1.86 bits per heavy atom. The topological polar surface area (TPSA) is 105 Å². The van der Waals surface area contributed by atoms with E-state index in [-0.39, 0.29) is 19.1 Å². The number of aliphatic hydroxyl groups excluding tert-OH is 1. The maximum absolute atomic E-state index is 12.7. The molecule has 3 unspecified atom stereocenters. The number of nitrogens with zero attached hydrogens (tertiary/aromatic N) is 1. The molecule has 3 N–H and O–H groups in total. The first-order valence-electron chi connectivity index (χ1n) is 17.6. The molecule has 0 radical (unpaired) electrons. The van der Waals surface area contributed by atoms with E-state index in [0.717, 1.165) is 57.8 Å². The van der Waals surface area contributed by atoms with Crippen molar-refractivity contribution in [3.05, 3.63) is 12.2 Å². The van der Waals surface area contributed by atoms with Gasteiger partial charge in [0.2, 0.25) is 5.91 Å². The monoisotopic (exact) mass is 633 g/mol. The predicted molar refractivity (Wildman–Crippen MR) is 180 cm³/mol. The first-order chi connectivity index (χ1) is 20.5. The molecule has 0 fully saturated rings. The Labute approximate surface area is 265 Å². The van der Waals surface area contributed by atoms with Crippen LogP contribution in [0.1, 0.15) is 149 Å². The summed E-state index contributed by atoms with van der Waals surface area (Å²) in [6, 6.07) is -0.758. The smallest absolute Gasteiger partial charge is 0.391 e. The fourth-order valence-corrected chi connectivity index (χ4v) is 5.58. The van der Waals surface area contributed by atoms with Gasteiger partial charge < -0.3 is 19.8 Å². The van der Waals surface area contributed by atoms with Crippen molar-refractivity contribution in [3.63, 3.8) is 0 Å². The molecule has 0 aliphatic heterocycles. The number of hydrogen-bond donors (Lipinski definition) is 3. The highest BCUT2D eigenvalue weighted by molar-refractivity contribution is 7.47. The van der Waals surface area contributed by atoms with E-state index < -0.39 is 20.0 Å². The molecule has 8 nitrogen and oxygen atoms in total. The summed E-state index contributed by atoms with van der Waals surface area (Å²) in [7, 11) is 1.60. The summed E-state index contributed by atoms with van der Waals surface area (Å²) < 4.78 is 23.4. The van der Waals surface area contributed by atoms with Gasteiger partial charge in [-0.15, -0.1) is 0 Å². The fraction of sp³-hybridized carbons (Fsp3) is 0.912. The van der Waals surface area contributed by atoms with E-state index in [9.17, 15) is 19.4 Å². The Morgan fingerprint density at radius 1 is 0.767 bits per heavy atom. The number of nitrogens with one attached hydrogen (secondary N) is 1. The number of rotatable bonds is 31. The van der Waals surface area contributed by atoms with E-state index in [1.54, 1.807) is 0 Å². The number of carbonyl (C=O) groups excluding carboxylic acids is 1. The predicted octanol–water partition coefficient (Wildman–Crippen LogP) is 8.46. The van der Waals surface area contributed by atoms with Crippen molar-refractivity contribution in [1.82, 2.24) is 5.32 Å². The number of likely N-dealkylation sites (N-methyl/N-ethyl adjacent to an activating group) is 1. The summed E-state index contributed by atoms with van der Waals surface area (Å²) in [6.07, 6.45) is 26.6. The second kappa shape index (κ2) is 27.5. The third kappa shape index (κ3) is 29.7. The van der Waals surface area contributed by atoms with Gasteiger partial charge >= 0.3 is 7.82 Å². The summed E-state index contributed by atoms with van der Waals surface area (Å²) in [5.41, 5.74) is 0. The van der Waals surface area contributed by atoms with Crippen molar-refractivity contribution >= 4 is 13.7 Å². The van der Waals surface area contributed by atoms with Gasteiger partial charge in [-0.2, -0.15) is 0 Å². The first kappa shape index (κ1) is 42.2. The van der Waals surface area contributed by atoms with E-state index >= 15 is 0 Å². The average molecular weight is 634 g/mol. The molecule has 0 aliphatic rings. The van der Waals surface area contributed by atoms with Crippen LogP contribution >= 0.6 is 7.82 Å². The molecule has 0 saturated heterocycles. The lowest BCUT2D eigenvalue weighted by molar-refractivity contribution is -0.870. The van der Waals surface area contributed by atoms with Crippen LogP contribution in [0.3, 0.4) is 0 Å². The standard InChI is InChI=1S/C34H69N2O6P/c1-6-8-10-12-14-16-18-19-21-23-25-27-33(37)32(31-42-43(39,40)41-30-29-36(3,4)5)35-34(38)28-26-24-22-20-17-15-13-11-9-7-2/h13,15,32-33,37H,6-12,14,16-31H2,1-5H3,(H-,35,38,39,40)/p+1/b15-13-. The lowest BCUT2D eigenvalue weighted by Gasteiger charge is -2.26. The summed E-state index contributed by atoms with van der Waals surface area (Å²) >= 11 is 0. The summed E-state index contributed by atoms with van der Waals surface area (Å²) in [4.78, 5) is 22.9. The molecule has 0 aromatic carbocycles. The highest BCUT2D eigenvalue weighted by atomic mass is 31.2. The molecule has 0 saturated carbocycles. The largest absolute Gasteiger partial charge is 0.472 e. The molecule has 0 heterocycles. The van der Waals surface area contributed by atoms with E-state index in [0.29, 0.717) is 23.9 Å². The van der Waals surface area contributed by atoms with Crippen molar-refractivity contribution in [2.24, 2.45) is 0 Å². The zero-order chi connectivity index (χ0) is 32.2. The van der Waals surface area contributed by atoms with Crippen LogP contribution in [0.5, 0.6) is 0 Å². The van der Waals surface area contributed by atoms with Crippen molar-refractivity contribution < 1.29 is 32.9 Å². The zero-order valence-corrected chi connectivity index (χ0v) is 29.6. The molecule has 43 heavy (non-hydrogen) atoms. The minimum Gasteiger partial charge on any atom is -0.391 e. The summed E-state index contributed by atoms with van der Waals surface area (Å²) in [5.74, 6) is -0.162. The number of unbranched alkanes of at least 4 members (excludes halogenated alkanes) is 16. The lowest BCUT2D eigenvalue weighted by Crippen LogP contribution is -2.46. The van der Waals surface area contributed by atoms with Crippen LogP contribution in [0, 0.1) is 0 Å². The second-order valence-corrected chi connectivity index (χ2v) is 14.7. The van der Waals surface area contributed by atoms with Gasteiger partial charge in [0, 0.05) is 6.42 Å². The zero-order valence-electron chi connectivity index (χ0n) is 28.7. The molecule has 1 amide bonds. The van der Waals surface area contributed by atoms with Crippen molar-refractivity contribution in [2.45, 2.75) is 161 Å². The number of hydrogen-bond acceptors (Lipinski definition) is 5. The quantitative estimate of drug-likeness (QED) is 0.0306. The Bertz CT molecular complexity index is 728. The molecule has 0 aromatic rings. The van der Waals surface area contributed by atoms with Gasteiger partial charge in [0.15, 0.2) is 0 Å². The average Bonchev–Trinajstić information content (AvgIpc) is 2.94. The van der Waals surface area contributed by atoms with Gasteiger partial charge in [0.25, 0.3) is 0 Å². The van der Waals surface area contributed by atoms with Crippen LogP contribution in [-0.4, -0.2) is 73.4 Å².